The number of nitrogens with zero attached hydrogens (tertiary/aromatic N) is 2. The molecule has 124 valence electrons. The van der Waals surface area contributed by atoms with Crippen molar-refractivity contribution in [2.75, 3.05) is 21.2 Å². The Hall–Kier alpha value is -1.15. The second-order valence-electron chi connectivity index (χ2n) is 4.92. The van der Waals surface area contributed by atoms with Crippen molar-refractivity contribution in [2.45, 2.75) is 31.2 Å². The van der Waals surface area contributed by atoms with Crippen molar-refractivity contribution < 1.29 is 18.0 Å². The molecule has 1 rings (SSSR count). The third-order valence-electron chi connectivity index (χ3n) is 3.62. The van der Waals surface area contributed by atoms with Gasteiger partial charge in [-0.15, -0.1) is 0 Å². The number of sulfonamides is 1. The first-order chi connectivity index (χ1) is 10.2. The summed E-state index contributed by atoms with van der Waals surface area (Å²) in [6, 6.07) is 4.23. The maximum Gasteiger partial charge on any atom is 0.266 e. The highest BCUT2D eigenvalue weighted by Crippen LogP contribution is 2.26. The van der Waals surface area contributed by atoms with Crippen molar-refractivity contribution in [3.05, 3.63) is 28.8 Å². The Morgan fingerprint density at radius 2 is 1.95 bits per heavy atom. The lowest BCUT2D eigenvalue weighted by molar-refractivity contribution is -0.0258. The fourth-order valence-corrected chi connectivity index (χ4v) is 3.22. The molecule has 1 amide bonds. The average molecular weight is 349 g/mol. The lowest BCUT2D eigenvalue weighted by atomic mass is 10.1. The van der Waals surface area contributed by atoms with Crippen LogP contribution in [0.15, 0.2) is 23.1 Å². The molecule has 0 aliphatic rings. The molecule has 1 atom stereocenters. The number of hydroxylamine groups is 1. The predicted octanol–water partition coefficient (Wildman–Crippen LogP) is 2.39. The summed E-state index contributed by atoms with van der Waals surface area (Å²) in [7, 11) is 0.251. The van der Waals surface area contributed by atoms with E-state index >= 15 is 0 Å². The standard InChI is InChI=1S/C14H21ClN2O4S/c1-6-10(2)16(3)14(18)11-7-8-12(15)13(9-11)22(19,20)17(4)21-5/h7-10H,6H2,1-5H3. The molecule has 0 saturated heterocycles. The fraction of sp³-hybridized carbons (Fsp3) is 0.500. The zero-order chi connectivity index (χ0) is 17.1. The normalized spacial score (nSPS) is 13.2. The molecule has 1 unspecified atom stereocenters. The molecule has 22 heavy (non-hydrogen) atoms. The van der Waals surface area contributed by atoms with E-state index in [4.69, 9.17) is 16.4 Å². The SMILES string of the molecule is CCC(C)N(C)C(=O)c1ccc(Cl)c(S(=O)(=O)N(C)OC)c1. The van der Waals surface area contributed by atoms with E-state index in [1.54, 1.807) is 11.9 Å². The van der Waals surface area contributed by atoms with Crippen LogP contribution in [0.2, 0.25) is 5.02 Å². The van der Waals surface area contributed by atoms with Gasteiger partial charge in [0.1, 0.15) is 4.90 Å². The van der Waals surface area contributed by atoms with Gasteiger partial charge in [0.15, 0.2) is 0 Å². The Bertz CT molecular complexity index is 648. The highest BCUT2D eigenvalue weighted by molar-refractivity contribution is 7.89. The van der Waals surface area contributed by atoms with Gasteiger partial charge < -0.3 is 4.90 Å². The van der Waals surface area contributed by atoms with Crippen molar-refractivity contribution in [2.24, 2.45) is 0 Å². The first kappa shape index (κ1) is 18.9. The number of halogens is 1. The van der Waals surface area contributed by atoms with Gasteiger partial charge in [-0.3, -0.25) is 9.63 Å². The quantitative estimate of drug-likeness (QED) is 0.740. The molecule has 0 aliphatic carbocycles. The fourth-order valence-electron chi connectivity index (χ4n) is 1.75. The van der Waals surface area contributed by atoms with Crippen molar-refractivity contribution >= 4 is 27.5 Å². The predicted molar refractivity (Wildman–Crippen MR) is 85.3 cm³/mol. The van der Waals surface area contributed by atoms with Gasteiger partial charge in [0.05, 0.1) is 12.1 Å². The van der Waals surface area contributed by atoms with E-state index in [9.17, 15) is 13.2 Å². The summed E-state index contributed by atoms with van der Waals surface area (Å²) in [6.45, 7) is 3.89. The molecule has 0 radical (unpaired) electrons. The van der Waals surface area contributed by atoms with Crippen molar-refractivity contribution in [3.63, 3.8) is 0 Å². The number of amides is 1. The van der Waals surface area contributed by atoms with E-state index in [1.165, 1.54) is 32.4 Å². The molecule has 1 aromatic rings. The minimum Gasteiger partial charge on any atom is -0.339 e. The monoisotopic (exact) mass is 348 g/mol. The van der Waals surface area contributed by atoms with Gasteiger partial charge in [-0.2, -0.15) is 0 Å². The van der Waals surface area contributed by atoms with E-state index in [-0.39, 0.29) is 27.4 Å². The second kappa shape index (κ2) is 7.41. The molecule has 8 heteroatoms. The number of rotatable bonds is 6. The van der Waals surface area contributed by atoms with Crippen LogP contribution in [0.4, 0.5) is 0 Å². The van der Waals surface area contributed by atoms with Crippen LogP contribution in [0.5, 0.6) is 0 Å². The van der Waals surface area contributed by atoms with Gasteiger partial charge in [0, 0.05) is 25.7 Å². The van der Waals surface area contributed by atoms with E-state index in [0.717, 1.165) is 6.42 Å². The van der Waals surface area contributed by atoms with Gasteiger partial charge in [0.2, 0.25) is 0 Å². The summed E-state index contributed by atoms with van der Waals surface area (Å²) >= 11 is 5.97. The van der Waals surface area contributed by atoms with Crippen LogP contribution in [0.1, 0.15) is 30.6 Å². The summed E-state index contributed by atoms with van der Waals surface area (Å²) in [5.74, 6) is -0.262. The summed E-state index contributed by atoms with van der Waals surface area (Å²) in [5.41, 5.74) is 0.260. The van der Waals surface area contributed by atoms with Gasteiger partial charge in [0.25, 0.3) is 15.9 Å². The Morgan fingerprint density at radius 1 is 1.36 bits per heavy atom. The Labute approximate surface area is 136 Å². The molecule has 0 spiro atoms. The van der Waals surface area contributed by atoms with Crippen LogP contribution in [-0.2, 0) is 14.9 Å². The maximum absolute atomic E-state index is 12.4. The molecule has 0 N–H and O–H groups in total. The Kier molecular flexibility index (Phi) is 6.37. The van der Waals surface area contributed by atoms with Gasteiger partial charge in [-0.1, -0.05) is 23.0 Å². The molecular weight excluding hydrogens is 328 g/mol. The molecule has 0 heterocycles. The van der Waals surface area contributed by atoms with E-state index in [2.05, 4.69) is 0 Å². The number of benzene rings is 1. The van der Waals surface area contributed by atoms with E-state index < -0.39 is 10.0 Å². The molecule has 0 aliphatic heterocycles. The van der Waals surface area contributed by atoms with Crippen LogP contribution in [0, 0.1) is 0 Å². The van der Waals surface area contributed by atoms with Crippen LogP contribution < -0.4 is 0 Å². The van der Waals surface area contributed by atoms with Crippen LogP contribution in [0.25, 0.3) is 0 Å². The highest BCUT2D eigenvalue weighted by atomic mass is 35.5. The molecular formula is C14H21ClN2O4S. The lowest BCUT2D eigenvalue weighted by Crippen LogP contribution is -2.34. The number of carbonyl (C=O) groups is 1. The minimum atomic E-state index is -3.92. The molecule has 0 saturated carbocycles. The largest absolute Gasteiger partial charge is 0.339 e. The molecule has 1 aromatic carbocycles. The summed E-state index contributed by atoms with van der Waals surface area (Å²) in [5, 5.41) is 0.0339. The minimum absolute atomic E-state index is 0.0339. The summed E-state index contributed by atoms with van der Waals surface area (Å²) in [6.07, 6.45) is 0.799. The third-order valence-corrected chi connectivity index (χ3v) is 5.79. The smallest absolute Gasteiger partial charge is 0.266 e. The molecule has 0 aromatic heterocycles. The average Bonchev–Trinajstić information content (AvgIpc) is 2.51. The Morgan fingerprint density at radius 3 is 2.45 bits per heavy atom. The van der Waals surface area contributed by atoms with Gasteiger partial charge in [-0.25, -0.2) is 8.42 Å². The number of hydrogen-bond acceptors (Lipinski definition) is 4. The second-order valence-corrected chi connectivity index (χ2v) is 7.23. The topological polar surface area (TPSA) is 66.9 Å². The zero-order valence-corrected chi connectivity index (χ0v) is 14.9. The third kappa shape index (κ3) is 3.78. The van der Waals surface area contributed by atoms with Crippen LogP contribution in [-0.4, -0.2) is 50.9 Å². The van der Waals surface area contributed by atoms with Crippen molar-refractivity contribution in [1.29, 1.82) is 0 Å². The highest BCUT2D eigenvalue weighted by Gasteiger charge is 2.26. The number of carbonyl (C=O) groups excluding carboxylic acids is 1. The molecule has 6 nitrogen and oxygen atoms in total. The zero-order valence-electron chi connectivity index (χ0n) is 13.3. The van der Waals surface area contributed by atoms with Crippen LogP contribution >= 0.6 is 11.6 Å². The summed E-state index contributed by atoms with van der Waals surface area (Å²) < 4.78 is 25.3. The maximum atomic E-state index is 12.4. The van der Waals surface area contributed by atoms with Crippen molar-refractivity contribution in [3.8, 4) is 0 Å². The first-order valence-electron chi connectivity index (χ1n) is 6.76. The Balaban J connectivity index is 3.29. The summed E-state index contributed by atoms with van der Waals surface area (Å²) in [4.78, 5) is 18.5. The first-order valence-corrected chi connectivity index (χ1v) is 8.58. The number of hydrogen-bond donors (Lipinski definition) is 0. The van der Waals surface area contributed by atoms with E-state index in [1.807, 2.05) is 13.8 Å². The van der Waals surface area contributed by atoms with Gasteiger partial charge >= 0.3 is 0 Å². The van der Waals surface area contributed by atoms with Crippen molar-refractivity contribution in [1.82, 2.24) is 9.37 Å². The lowest BCUT2D eigenvalue weighted by Gasteiger charge is -2.24. The molecule has 0 fully saturated rings. The van der Waals surface area contributed by atoms with Gasteiger partial charge in [-0.05, 0) is 31.5 Å². The van der Waals surface area contributed by atoms with Crippen LogP contribution in [0.3, 0.4) is 0 Å². The molecule has 0 bridgehead atoms. The van der Waals surface area contributed by atoms with E-state index in [0.29, 0.717) is 4.47 Å².